The van der Waals surface area contributed by atoms with Gasteiger partial charge in [-0.05, 0) is 25.0 Å². The fourth-order valence-electron chi connectivity index (χ4n) is 1.30. The number of hydrogen-bond acceptors (Lipinski definition) is 3. The standard InChI is InChI=1S/C11H15NO2/c1-12-10-6-5-9(13-2)7-11(10)14-8-3-4-8/h5-8,12H,3-4H2,1-2H3. The summed E-state index contributed by atoms with van der Waals surface area (Å²) in [4.78, 5) is 0. The SMILES string of the molecule is CNc1ccc(OC)cc1OC1CC1. The van der Waals surface area contributed by atoms with Gasteiger partial charge < -0.3 is 14.8 Å². The molecule has 0 atom stereocenters. The van der Waals surface area contributed by atoms with E-state index in [-0.39, 0.29) is 0 Å². The second-order valence-electron chi connectivity index (χ2n) is 3.43. The number of benzene rings is 1. The quantitative estimate of drug-likeness (QED) is 0.795. The van der Waals surface area contributed by atoms with Crippen LogP contribution in [0.2, 0.25) is 0 Å². The molecule has 3 heteroatoms. The molecule has 0 bridgehead atoms. The third-order valence-corrected chi connectivity index (χ3v) is 2.28. The number of methoxy groups -OCH3 is 1. The molecule has 3 nitrogen and oxygen atoms in total. The summed E-state index contributed by atoms with van der Waals surface area (Å²) in [5, 5.41) is 3.10. The number of anilines is 1. The van der Waals surface area contributed by atoms with Gasteiger partial charge in [-0.3, -0.25) is 0 Å². The van der Waals surface area contributed by atoms with Gasteiger partial charge in [0.15, 0.2) is 0 Å². The Morgan fingerprint density at radius 3 is 2.71 bits per heavy atom. The van der Waals surface area contributed by atoms with Gasteiger partial charge in [-0.25, -0.2) is 0 Å². The second kappa shape index (κ2) is 3.78. The lowest BCUT2D eigenvalue weighted by Gasteiger charge is -2.11. The smallest absolute Gasteiger partial charge is 0.146 e. The molecule has 1 aliphatic rings. The van der Waals surface area contributed by atoms with Crippen LogP contribution in [-0.2, 0) is 0 Å². The van der Waals surface area contributed by atoms with Crippen LogP contribution in [0.15, 0.2) is 18.2 Å². The van der Waals surface area contributed by atoms with Crippen molar-refractivity contribution in [1.29, 1.82) is 0 Å². The van der Waals surface area contributed by atoms with Crippen molar-refractivity contribution in [2.45, 2.75) is 18.9 Å². The summed E-state index contributed by atoms with van der Waals surface area (Å²) in [6.07, 6.45) is 2.75. The van der Waals surface area contributed by atoms with Crippen LogP contribution in [-0.4, -0.2) is 20.3 Å². The third-order valence-electron chi connectivity index (χ3n) is 2.28. The second-order valence-corrected chi connectivity index (χ2v) is 3.43. The molecule has 1 aliphatic carbocycles. The van der Waals surface area contributed by atoms with Gasteiger partial charge in [0.05, 0.1) is 18.9 Å². The highest BCUT2D eigenvalue weighted by Gasteiger charge is 2.24. The predicted octanol–water partition coefficient (Wildman–Crippen LogP) is 2.28. The van der Waals surface area contributed by atoms with E-state index in [2.05, 4.69) is 5.32 Å². The minimum atomic E-state index is 0.411. The third kappa shape index (κ3) is 1.92. The van der Waals surface area contributed by atoms with E-state index in [1.807, 2.05) is 25.2 Å². The van der Waals surface area contributed by atoms with Crippen molar-refractivity contribution in [3.8, 4) is 11.5 Å². The summed E-state index contributed by atoms with van der Waals surface area (Å²) in [6, 6.07) is 5.81. The fraction of sp³-hybridized carbons (Fsp3) is 0.455. The van der Waals surface area contributed by atoms with Crippen LogP contribution < -0.4 is 14.8 Å². The number of ether oxygens (including phenoxy) is 2. The van der Waals surface area contributed by atoms with E-state index in [9.17, 15) is 0 Å². The Bertz CT molecular complexity index is 321. The molecular formula is C11H15NO2. The van der Waals surface area contributed by atoms with Crippen molar-refractivity contribution in [1.82, 2.24) is 0 Å². The zero-order valence-electron chi connectivity index (χ0n) is 8.54. The zero-order chi connectivity index (χ0) is 9.97. The van der Waals surface area contributed by atoms with Gasteiger partial charge in [0, 0.05) is 13.1 Å². The van der Waals surface area contributed by atoms with Crippen molar-refractivity contribution in [3.05, 3.63) is 18.2 Å². The molecule has 1 aromatic carbocycles. The summed E-state index contributed by atoms with van der Waals surface area (Å²) in [7, 11) is 3.55. The lowest BCUT2D eigenvalue weighted by molar-refractivity contribution is 0.302. The fourth-order valence-corrected chi connectivity index (χ4v) is 1.30. The molecule has 0 unspecified atom stereocenters. The van der Waals surface area contributed by atoms with E-state index in [0.717, 1.165) is 17.2 Å². The Morgan fingerprint density at radius 2 is 2.14 bits per heavy atom. The molecule has 0 radical (unpaired) electrons. The largest absolute Gasteiger partial charge is 0.497 e. The minimum Gasteiger partial charge on any atom is -0.497 e. The number of rotatable bonds is 4. The van der Waals surface area contributed by atoms with Crippen LogP contribution in [0.5, 0.6) is 11.5 Å². The highest BCUT2D eigenvalue weighted by Crippen LogP contribution is 2.34. The average Bonchev–Trinajstić information content (AvgIpc) is 3.01. The minimum absolute atomic E-state index is 0.411. The molecule has 0 aliphatic heterocycles. The van der Waals surface area contributed by atoms with Gasteiger partial charge in [0.1, 0.15) is 11.5 Å². The molecule has 14 heavy (non-hydrogen) atoms. The molecule has 1 fully saturated rings. The van der Waals surface area contributed by atoms with Gasteiger partial charge in [-0.15, -0.1) is 0 Å². The van der Waals surface area contributed by atoms with Crippen LogP contribution in [0.3, 0.4) is 0 Å². The van der Waals surface area contributed by atoms with E-state index in [4.69, 9.17) is 9.47 Å². The molecular weight excluding hydrogens is 178 g/mol. The van der Waals surface area contributed by atoms with Crippen LogP contribution in [0.25, 0.3) is 0 Å². The van der Waals surface area contributed by atoms with Gasteiger partial charge >= 0.3 is 0 Å². The maximum absolute atomic E-state index is 5.75. The maximum atomic E-state index is 5.75. The molecule has 0 aromatic heterocycles. The molecule has 1 saturated carbocycles. The molecule has 1 N–H and O–H groups in total. The van der Waals surface area contributed by atoms with Crippen molar-refractivity contribution < 1.29 is 9.47 Å². The van der Waals surface area contributed by atoms with Crippen molar-refractivity contribution >= 4 is 5.69 Å². The Balaban J connectivity index is 2.21. The first kappa shape index (κ1) is 9.19. The summed E-state index contributed by atoms with van der Waals surface area (Å²) >= 11 is 0. The normalized spacial score (nSPS) is 15.0. The van der Waals surface area contributed by atoms with Crippen LogP contribution in [0, 0.1) is 0 Å². The summed E-state index contributed by atoms with van der Waals surface area (Å²) in [5.41, 5.74) is 1.01. The number of hydrogen-bond donors (Lipinski definition) is 1. The maximum Gasteiger partial charge on any atom is 0.146 e. The molecule has 0 heterocycles. The van der Waals surface area contributed by atoms with E-state index >= 15 is 0 Å². The molecule has 0 saturated heterocycles. The average molecular weight is 193 g/mol. The first-order chi connectivity index (χ1) is 6.83. The Kier molecular flexibility index (Phi) is 2.48. The predicted molar refractivity (Wildman–Crippen MR) is 56.2 cm³/mol. The summed E-state index contributed by atoms with van der Waals surface area (Å²) in [6.45, 7) is 0. The van der Waals surface area contributed by atoms with Crippen LogP contribution >= 0.6 is 0 Å². The van der Waals surface area contributed by atoms with Gasteiger partial charge in [-0.2, -0.15) is 0 Å². The van der Waals surface area contributed by atoms with Crippen molar-refractivity contribution in [3.63, 3.8) is 0 Å². The van der Waals surface area contributed by atoms with E-state index in [0.29, 0.717) is 6.10 Å². The number of nitrogens with one attached hydrogen (secondary N) is 1. The lowest BCUT2D eigenvalue weighted by atomic mass is 10.2. The van der Waals surface area contributed by atoms with Gasteiger partial charge in [-0.1, -0.05) is 0 Å². The summed E-state index contributed by atoms with van der Waals surface area (Å²) < 4.78 is 10.9. The van der Waals surface area contributed by atoms with Crippen molar-refractivity contribution in [2.75, 3.05) is 19.5 Å². The highest BCUT2D eigenvalue weighted by atomic mass is 16.5. The Labute approximate surface area is 84.0 Å². The molecule has 76 valence electrons. The van der Waals surface area contributed by atoms with Gasteiger partial charge in [0.25, 0.3) is 0 Å². The monoisotopic (exact) mass is 193 g/mol. The highest BCUT2D eigenvalue weighted by molar-refractivity contribution is 5.58. The Hall–Kier alpha value is -1.38. The van der Waals surface area contributed by atoms with Crippen LogP contribution in [0.1, 0.15) is 12.8 Å². The molecule has 2 rings (SSSR count). The van der Waals surface area contributed by atoms with Crippen molar-refractivity contribution in [2.24, 2.45) is 0 Å². The van der Waals surface area contributed by atoms with Crippen LogP contribution in [0.4, 0.5) is 5.69 Å². The van der Waals surface area contributed by atoms with E-state index in [1.165, 1.54) is 12.8 Å². The molecule has 0 spiro atoms. The first-order valence-corrected chi connectivity index (χ1v) is 4.86. The zero-order valence-corrected chi connectivity index (χ0v) is 8.54. The summed E-state index contributed by atoms with van der Waals surface area (Å²) in [5.74, 6) is 1.72. The molecule has 0 amide bonds. The first-order valence-electron chi connectivity index (χ1n) is 4.86. The van der Waals surface area contributed by atoms with E-state index in [1.54, 1.807) is 7.11 Å². The van der Waals surface area contributed by atoms with Gasteiger partial charge in [0.2, 0.25) is 0 Å². The topological polar surface area (TPSA) is 30.5 Å². The lowest BCUT2D eigenvalue weighted by Crippen LogP contribution is -2.00. The Morgan fingerprint density at radius 1 is 1.36 bits per heavy atom. The molecule has 1 aromatic rings. The van der Waals surface area contributed by atoms with E-state index < -0.39 is 0 Å².